The summed E-state index contributed by atoms with van der Waals surface area (Å²) in [6.45, 7) is 0.751. The van der Waals surface area contributed by atoms with Crippen LogP contribution in [0.4, 0.5) is 11.4 Å². The smallest absolute Gasteiger partial charge is 0.119 e. The third kappa shape index (κ3) is 2.63. The van der Waals surface area contributed by atoms with Crippen LogP contribution in [0.1, 0.15) is 5.56 Å². The normalized spacial score (nSPS) is 10.8. The van der Waals surface area contributed by atoms with Crippen LogP contribution in [0.5, 0.6) is 5.75 Å². The standard InChI is InChI=1S/C16H18N4O/c1-20(10-11-4-3-5-13(6-11)21-2)16-8-15-12(7-14(16)17)9-18-19-15/h3-9H,10,17H2,1-2H3,(H,18,19). The number of hydrogen-bond donors (Lipinski definition) is 2. The zero-order valence-corrected chi connectivity index (χ0v) is 12.1. The van der Waals surface area contributed by atoms with Crippen molar-refractivity contribution >= 4 is 22.3 Å². The number of ether oxygens (including phenoxy) is 1. The lowest BCUT2D eigenvalue weighted by molar-refractivity contribution is 0.414. The Kier molecular flexibility index (Phi) is 3.39. The van der Waals surface area contributed by atoms with Crippen molar-refractivity contribution in [1.82, 2.24) is 10.2 Å². The van der Waals surface area contributed by atoms with Crippen LogP contribution in [0.25, 0.3) is 10.9 Å². The molecule has 3 N–H and O–H groups in total. The number of aromatic amines is 1. The first-order valence-electron chi connectivity index (χ1n) is 6.74. The summed E-state index contributed by atoms with van der Waals surface area (Å²) in [5.74, 6) is 0.859. The molecule has 1 aromatic heterocycles. The van der Waals surface area contributed by atoms with Crippen molar-refractivity contribution in [3.8, 4) is 5.75 Å². The molecule has 5 heteroatoms. The summed E-state index contributed by atoms with van der Waals surface area (Å²) in [6.07, 6.45) is 1.78. The molecule has 0 unspecified atom stereocenters. The van der Waals surface area contributed by atoms with Gasteiger partial charge in [0.1, 0.15) is 5.75 Å². The Morgan fingerprint density at radius 2 is 2.14 bits per heavy atom. The molecular formula is C16H18N4O. The van der Waals surface area contributed by atoms with Crippen LogP contribution < -0.4 is 15.4 Å². The van der Waals surface area contributed by atoms with Crippen LogP contribution in [-0.2, 0) is 6.54 Å². The van der Waals surface area contributed by atoms with Gasteiger partial charge in [-0.2, -0.15) is 5.10 Å². The first-order valence-corrected chi connectivity index (χ1v) is 6.74. The zero-order chi connectivity index (χ0) is 14.8. The fourth-order valence-corrected chi connectivity index (χ4v) is 2.46. The predicted octanol–water partition coefficient (Wildman–Crippen LogP) is 2.79. The van der Waals surface area contributed by atoms with Gasteiger partial charge in [0.25, 0.3) is 0 Å². The van der Waals surface area contributed by atoms with Gasteiger partial charge in [0.05, 0.1) is 30.2 Å². The molecule has 5 nitrogen and oxygen atoms in total. The number of nitrogens with zero attached hydrogens (tertiary/aromatic N) is 2. The van der Waals surface area contributed by atoms with Crippen LogP contribution >= 0.6 is 0 Å². The van der Waals surface area contributed by atoms with Crippen LogP contribution in [0, 0.1) is 0 Å². The van der Waals surface area contributed by atoms with Crippen molar-refractivity contribution in [3.05, 3.63) is 48.2 Å². The SMILES string of the molecule is COc1cccc(CN(C)c2cc3[nH]ncc3cc2N)c1. The quantitative estimate of drug-likeness (QED) is 0.722. The average molecular weight is 282 g/mol. The Balaban J connectivity index is 1.88. The molecule has 2 aromatic carbocycles. The van der Waals surface area contributed by atoms with Gasteiger partial charge in [0, 0.05) is 19.0 Å². The molecule has 0 radical (unpaired) electrons. The number of nitrogens with one attached hydrogen (secondary N) is 1. The second-order valence-electron chi connectivity index (χ2n) is 5.08. The Hall–Kier alpha value is -2.69. The van der Waals surface area contributed by atoms with Gasteiger partial charge >= 0.3 is 0 Å². The van der Waals surface area contributed by atoms with E-state index in [1.54, 1.807) is 13.3 Å². The van der Waals surface area contributed by atoms with E-state index in [1.807, 2.05) is 37.4 Å². The molecule has 0 spiro atoms. The Bertz CT molecular complexity index is 766. The van der Waals surface area contributed by atoms with Gasteiger partial charge < -0.3 is 15.4 Å². The molecule has 0 aliphatic rings. The summed E-state index contributed by atoms with van der Waals surface area (Å²) in [5.41, 5.74) is 10.0. The minimum Gasteiger partial charge on any atom is -0.497 e. The largest absolute Gasteiger partial charge is 0.497 e. The van der Waals surface area contributed by atoms with E-state index in [0.29, 0.717) is 0 Å². The van der Waals surface area contributed by atoms with E-state index in [0.717, 1.165) is 34.6 Å². The zero-order valence-electron chi connectivity index (χ0n) is 12.1. The number of rotatable bonds is 4. The van der Waals surface area contributed by atoms with E-state index in [-0.39, 0.29) is 0 Å². The fourth-order valence-electron chi connectivity index (χ4n) is 2.46. The predicted molar refractivity (Wildman–Crippen MR) is 85.6 cm³/mol. The summed E-state index contributed by atoms with van der Waals surface area (Å²) in [4.78, 5) is 2.12. The summed E-state index contributed by atoms with van der Waals surface area (Å²) in [6, 6.07) is 12.0. The van der Waals surface area contributed by atoms with Gasteiger partial charge in [-0.15, -0.1) is 0 Å². The van der Waals surface area contributed by atoms with Gasteiger partial charge in [-0.3, -0.25) is 5.10 Å². The number of nitrogens with two attached hydrogens (primary N) is 1. The first kappa shape index (κ1) is 13.3. The van der Waals surface area contributed by atoms with Crippen LogP contribution in [0.15, 0.2) is 42.6 Å². The van der Waals surface area contributed by atoms with Crippen molar-refractivity contribution in [2.45, 2.75) is 6.54 Å². The van der Waals surface area contributed by atoms with Crippen molar-refractivity contribution < 1.29 is 4.74 Å². The van der Waals surface area contributed by atoms with E-state index in [2.05, 4.69) is 21.2 Å². The number of hydrogen-bond acceptors (Lipinski definition) is 4. The monoisotopic (exact) mass is 282 g/mol. The molecular weight excluding hydrogens is 264 g/mol. The van der Waals surface area contributed by atoms with Gasteiger partial charge in [0.15, 0.2) is 0 Å². The molecule has 21 heavy (non-hydrogen) atoms. The minimum atomic E-state index is 0.745. The van der Waals surface area contributed by atoms with Gasteiger partial charge in [-0.25, -0.2) is 0 Å². The van der Waals surface area contributed by atoms with Crippen molar-refractivity contribution in [2.75, 3.05) is 24.8 Å². The minimum absolute atomic E-state index is 0.745. The second-order valence-corrected chi connectivity index (χ2v) is 5.08. The number of aromatic nitrogens is 2. The number of nitrogen functional groups attached to an aromatic ring is 1. The molecule has 3 rings (SSSR count). The fraction of sp³-hybridized carbons (Fsp3) is 0.188. The van der Waals surface area contributed by atoms with Crippen molar-refractivity contribution in [3.63, 3.8) is 0 Å². The molecule has 0 amide bonds. The van der Waals surface area contributed by atoms with Gasteiger partial charge in [-0.1, -0.05) is 12.1 Å². The molecule has 1 heterocycles. The highest BCUT2D eigenvalue weighted by Crippen LogP contribution is 2.28. The van der Waals surface area contributed by atoms with Crippen molar-refractivity contribution in [1.29, 1.82) is 0 Å². The molecule has 108 valence electrons. The number of benzene rings is 2. The topological polar surface area (TPSA) is 67.2 Å². The number of H-pyrrole nitrogens is 1. The summed E-state index contributed by atoms with van der Waals surface area (Å²) >= 11 is 0. The van der Waals surface area contributed by atoms with Crippen LogP contribution in [0.2, 0.25) is 0 Å². The lowest BCUT2D eigenvalue weighted by atomic mass is 10.1. The highest BCUT2D eigenvalue weighted by Gasteiger charge is 2.09. The van der Waals surface area contributed by atoms with E-state index < -0.39 is 0 Å². The molecule has 0 bridgehead atoms. The van der Waals surface area contributed by atoms with E-state index in [9.17, 15) is 0 Å². The van der Waals surface area contributed by atoms with Crippen LogP contribution in [0.3, 0.4) is 0 Å². The average Bonchev–Trinajstić information content (AvgIpc) is 2.93. The molecule has 0 aliphatic heterocycles. The molecule has 0 saturated carbocycles. The lowest BCUT2D eigenvalue weighted by Gasteiger charge is -2.21. The number of methoxy groups -OCH3 is 1. The molecule has 0 saturated heterocycles. The highest BCUT2D eigenvalue weighted by molar-refractivity contribution is 5.88. The maximum Gasteiger partial charge on any atom is 0.119 e. The third-order valence-corrected chi connectivity index (χ3v) is 3.55. The van der Waals surface area contributed by atoms with Gasteiger partial charge in [-0.05, 0) is 29.8 Å². The van der Waals surface area contributed by atoms with E-state index >= 15 is 0 Å². The maximum atomic E-state index is 6.15. The number of anilines is 2. The van der Waals surface area contributed by atoms with E-state index in [1.165, 1.54) is 5.56 Å². The third-order valence-electron chi connectivity index (χ3n) is 3.55. The second kappa shape index (κ2) is 5.36. The maximum absolute atomic E-state index is 6.15. The summed E-state index contributed by atoms with van der Waals surface area (Å²) < 4.78 is 5.26. The molecule has 0 aliphatic carbocycles. The first-order chi connectivity index (χ1) is 10.2. The van der Waals surface area contributed by atoms with Gasteiger partial charge in [0.2, 0.25) is 0 Å². The Morgan fingerprint density at radius 1 is 1.29 bits per heavy atom. The Labute approximate surface area is 123 Å². The number of fused-ring (bicyclic) bond motifs is 1. The van der Waals surface area contributed by atoms with E-state index in [4.69, 9.17) is 10.5 Å². The molecule has 0 fully saturated rings. The molecule has 0 atom stereocenters. The Morgan fingerprint density at radius 3 is 2.95 bits per heavy atom. The molecule has 3 aromatic rings. The lowest BCUT2D eigenvalue weighted by Crippen LogP contribution is -2.17. The highest BCUT2D eigenvalue weighted by atomic mass is 16.5. The summed E-state index contributed by atoms with van der Waals surface area (Å²) in [5, 5.41) is 8.03. The van der Waals surface area contributed by atoms with Crippen molar-refractivity contribution in [2.24, 2.45) is 0 Å². The van der Waals surface area contributed by atoms with Crippen LogP contribution in [-0.4, -0.2) is 24.4 Å². The summed E-state index contributed by atoms with van der Waals surface area (Å²) in [7, 11) is 3.69.